The van der Waals surface area contributed by atoms with Crippen molar-refractivity contribution in [1.82, 2.24) is 14.8 Å². The first-order valence-electron chi connectivity index (χ1n) is 11.0. The molecule has 1 aliphatic heterocycles. The van der Waals surface area contributed by atoms with E-state index >= 15 is 0 Å². The molecule has 1 unspecified atom stereocenters. The summed E-state index contributed by atoms with van der Waals surface area (Å²) in [7, 11) is 0. The third kappa shape index (κ3) is 4.83. The minimum absolute atomic E-state index is 0.0358. The fraction of sp³-hybridized carbons (Fsp3) is 0.400. The Morgan fingerprint density at radius 1 is 1.12 bits per heavy atom. The second-order valence-corrected chi connectivity index (χ2v) is 8.33. The van der Waals surface area contributed by atoms with Gasteiger partial charge in [-0.2, -0.15) is 0 Å². The van der Waals surface area contributed by atoms with E-state index in [0.717, 1.165) is 42.7 Å². The van der Waals surface area contributed by atoms with Crippen LogP contribution in [0.4, 0.5) is 0 Å². The fourth-order valence-electron chi connectivity index (χ4n) is 4.08. The summed E-state index contributed by atoms with van der Waals surface area (Å²) in [4.78, 5) is 33.6. The number of aryl methyl sites for hydroxylation is 1. The van der Waals surface area contributed by atoms with Crippen molar-refractivity contribution < 1.29 is 13.9 Å². The maximum atomic E-state index is 13.0. The van der Waals surface area contributed by atoms with Gasteiger partial charge in [0, 0.05) is 55.9 Å². The molecule has 0 bridgehead atoms. The molecule has 7 nitrogen and oxygen atoms in total. The molecule has 1 atom stereocenters. The fourth-order valence-corrected chi connectivity index (χ4v) is 4.08. The number of amides is 1. The average molecular weight is 436 g/mol. The third-order valence-electron chi connectivity index (χ3n) is 6.10. The smallest absolute Gasteiger partial charge is 0.339 e. The number of nitrogens with zero attached hydrogens (tertiary/aromatic N) is 3. The highest BCUT2D eigenvalue weighted by atomic mass is 16.5. The molecule has 0 spiro atoms. The van der Waals surface area contributed by atoms with Gasteiger partial charge in [0.1, 0.15) is 11.3 Å². The van der Waals surface area contributed by atoms with Crippen LogP contribution in [0, 0.1) is 13.8 Å². The van der Waals surface area contributed by atoms with Gasteiger partial charge in [-0.3, -0.25) is 14.7 Å². The molecule has 7 heteroatoms. The van der Waals surface area contributed by atoms with Crippen molar-refractivity contribution in [1.29, 1.82) is 0 Å². The summed E-state index contributed by atoms with van der Waals surface area (Å²) >= 11 is 0. The Kier molecular flexibility index (Phi) is 6.55. The zero-order chi connectivity index (χ0) is 22.7. The third-order valence-corrected chi connectivity index (χ3v) is 6.10. The average Bonchev–Trinajstić information content (AvgIpc) is 3.03. The van der Waals surface area contributed by atoms with Gasteiger partial charge in [0.05, 0.1) is 5.69 Å². The molecule has 1 aliphatic rings. The molecule has 1 fully saturated rings. The zero-order valence-corrected chi connectivity index (χ0v) is 18.8. The van der Waals surface area contributed by atoms with E-state index in [4.69, 9.17) is 9.15 Å². The molecule has 168 valence electrons. The standard InChI is InChI=1S/C25H29N3O4/c1-17-18(2)25(30)32-23-15-21(8-9-22(17)23)31-19(3)24(29)28-12-6-11-27(13-14-28)16-20-7-4-5-10-26-20/h4-5,7-10,15,19H,6,11-14,16H2,1-3H3. The van der Waals surface area contributed by atoms with E-state index in [9.17, 15) is 9.59 Å². The molecular formula is C25H29N3O4. The summed E-state index contributed by atoms with van der Waals surface area (Å²) in [5.41, 5.74) is 2.66. The van der Waals surface area contributed by atoms with Crippen LogP contribution in [-0.4, -0.2) is 53.0 Å². The summed E-state index contributed by atoms with van der Waals surface area (Å²) in [6.07, 6.45) is 2.08. The molecule has 1 aromatic carbocycles. The molecule has 3 heterocycles. The first-order valence-corrected chi connectivity index (χ1v) is 11.0. The number of hydrogen-bond donors (Lipinski definition) is 0. The minimum atomic E-state index is -0.631. The maximum Gasteiger partial charge on any atom is 0.339 e. The second kappa shape index (κ2) is 9.53. The van der Waals surface area contributed by atoms with E-state index in [1.165, 1.54) is 0 Å². The largest absolute Gasteiger partial charge is 0.481 e. The summed E-state index contributed by atoms with van der Waals surface area (Å²) < 4.78 is 11.3. The van der Waals surface area contributed by atoms with Crippen LogP contribution in [0.2, 0.25) is 0 Å². The van der Waals surface area contributed by atoms with Crippen LogP contribution >= 0.6 is 0 Å². The Morgan fingerprint density at radius 2 is 1.97 bits per heavy atom. The molecule has 32 heavy (non-hydrogen) atoms. The molecule has 0 radical (unpaired) electrons. The molecule has 3 aromatic rings. The van der Waals surface area contributed by atoms with E-state index < -0.39 is 6.10 Å². The van der Waals surface area contributed by atoms with Crippen molar-refractivity contribution in [3.05, 3.63) is 69.8 Å². The highest BCUT2D eigenvalue weighted by Gasteiger charge is 2.25. The molecule has 1 saturated heterocycles. The van der Waals surface area contributed by atoms with Gasteiger partial charge >= 0.3 is 5.63 Å². The van der Waals surface area contributed by atoms with E-state index in [1.807, 2.05) is 48.4 Å². The lowest BCUT2D eigenvalue weighted by Crippen LogP contribution is -2.42. The summed E-state index contributed by atoms with van der Waals surface area (Å²) in [5, 5.41) is 0.869. The van der Waals surface area contributed by atoms with E-state index in [2.05, 4.69) is 9.88 Å². The molecular weight excluding hydrogens is 406 g/mol. The molecule has 4 rings (SSSR count). The number of aromatic nitrogens is 1. The van der Waals surface area contributed by atoms with Crippen molar-refractivity contribution in [2.24, 2.45) is 0 Å². The Labute approximate surface area is 187 Å². The van der Waals surface area contributed by atoms with Gasteiger partial charge in [-0.25, -0.2) is 4.79 Å². The summed E-state index contributed by atoms with van der Waals surface area (Å²) in [6.45, 7) is 9.30. The predicted octanol–water partition coefficient (Wildman–Crippen LogP) is 3.31. The SMILES string of the molecule is Cc1c(C)c2ccc(OC(C)C(=O)N3CCCN(Cc4ccccn4)CC3)cc2oc1=O. The number of hydrogen-bond acceptors (Lipinski definition) is 6. The Balaban J connectivity index is 1.39. The number of fused-ring (bicyclic) bond motifs is 1. The summed E-state index contributed by atoms with van der Waals surface area (Å²) in [5.74, 6) is 0.475. The predicted molar refractivity (Wildman–Crippen MR) is 123 cm³/mol. The lowest BCUT2D eigenvalue weighted by Gasteiger charge is -2.25. The zero-order valence-electron chi connectivity index (χ0n) is 18.8. The summed E-state index contributed by atoms with van der Waals surface area (Å²) in [6, 6.07) is 11.3. The number of pyridine rings is 1. The van der Waals surface area contributed by atoms with Gasteiger partial charge < -0.3 is 14.1 Å². The molecule has 0 N–H and O–H groups in total. The molecule has 1 amide bonds. The van der Waals surface area contributed by atoms with Crippen molar-refractivity contribution in [2.45, 2.75) is 39.8 Å². The first kappa shape index (κ1) is 22.0. The lowest BCUT2D eigenvalue weighted by molar-refractivity contribution is -0.137. The first-order chi connectivity index (χ1) is 15.4. The number of rotatable bonds is 5. The van der Waals surface area contributed by atoms with Crippen LogP contribution in [0.1, 0.15) is 30.2 Å². The molecule has 0 aliphatic carbocycles. The van der Waals surface area contributed by atoms with Crippen LogP contribution in [0.15, 0.2) is 51.8 Å². The highest BCUT2D eigenvalue weighted by Crippen LogP contribution is 2.25. The minimum Gasteiger partial charge on any atom is -0.481 e. The van der Waals surface area contributed by atoms with Gasteiger partial charge in [-0.05, 0) is 57.0 Å². The lowest BCUT2D eigenvalue weighted by atomic mass is 10.1. The second-order valence-electron chi connectivity index (χ2n) is 8.33. The Morgan fingerprint density at radius 3 is 2.75 bits per heavy atom. The van der Waals surface area contributed by atoms with Crippen LogP contribution < -0.4 is 10.4 Å². The Hall–Kier alpha value is -3.19. The van der Waals surface area contributed by atoms with Crippen LogP contribution in [-0.2, 0) is 11.3 Å². The number of ether oxygens (including phenoxy) is 1. The van der Waals surface area contributed by atoms with Crippen molar-refractivity contribution in [3.63, 3.8) is 0 Å². The number of benzene rings is 1. The maximum absolute atomic E-state index is 13.0. The normalized spacial score (nSPS) is 16.0. The monoisotopic (exact) mass is 435 g/mol. The molecule has 0 saturated carbocycles. The van der Waals surface area contributed by atoms with Gasteiger partial charge in [-0.15, -0.1) is 0 Å². The van der Waals surface area contributed by atoms with Crippen LogP contribution in [0.5, 0.6) is 5.75 Å². The van der Waals surface area contributed by atoms with Crippen molar-refractivity contribution in [2.75, 3.05) is 26.2 Å². The highest BCUT2D eigenvalue weighted by molar-refractivity contribution is 5.83. The van der Waals surface area contributed by atoms with Gasteiger partial charge in [0.15, 0.2) is 6.10 Å². The van der Waals surface area contributed by atoms with Gasteiger partial charge in [-0.1, -0.05) is 6.07 Å². The molecule has 2 aromatic heterocycles. The van der Waals surface area contributed by atoms with E-state index in [1.54, 1.807) is 19.9 Å². The van der Waals surface area contributed by atoms with Gasteiger partial charge in [0.25, 0.3) is 5.91 Å². The quantitative estimate of drug-likeness (QED) is 0.573. The van der Waals surface area contributed by atoms with E-state index in [-0.39, 0.29) is 11.5 Å². The van der Waals surface area contributed by atoms with Crippen LogP contribution in [0.3, 0.4) is 0 Å². The topological polar surface area (TPSA) is 75.9 Å². The van der Waals surface area contributed by atoms with Gasteiger partial charge in [0.2, 0.25) is 0 Å². The van der Waals surface area contributed by atoms with Crippen molar-refractivity contribution >= 4 is 16.9 Å². The number of carbonyl (C=O) groups excluding carboxylic acids is 1. The number of carbonyl (C=O) groups is 1. The van der Waals surface area contributed by atoms with Crippen molar-refractivity contribution in [3.8, 4) is 5.75 Å². The Bertz CT molecular complexity index is 1160. The van der Waals surface area contributed by atoms with Crippen LogP contribution in [0.25, 0.3) is 11.0 Å². The van der Waals surface area contributed by atoms with E-state index in [0.29, 0.717) is 30.0 Å².